The fourth-order valence-electron chi connectivity index (χ4n) is 4.02. The molecule has 10 heteroatoms. The number of benzene rings is 3. The van der Waals surface area contributed by atoms with Crippen molar-refractivity contribution in [1.82, 2.24) is 4.90 Å². The first-order chi connectivity index (χ1) is 19.3. The second-order valence-corrected chi connectivity index (χ2v) is 9.69. The van der Waals surface area contributed by atoms with Gasteiger partial charge in [0.05, 0.1) is 22.1 Å². The SMILES string of the molecule is C=CCc1cc(/C=C2/SC(=Nc3ccc(F)cc3)N(CC)C2=O)cc(OCC)c1OCc1ccc([N+](=O)[O-])cc1. The molecule has 0 atom stereocenters. The van der Waals surface area contributed by atoms with Crippen LogP contribution in [-0.4, -0.2) is 34.0 Å². The normalized spacial score (nSPS) is 15.1. The summed E-state index contributed by atoms with van der Waals surface area (Å²) in [6.07, 6.45) is 4.03. The Hall–Kier alpha value is -4.44. The van der Waals surface area contributed by atoms with Crippen LogP contribution in [0, 0.1) is 15.9 Å². The number of carbonyl (C=O) groups excluding carboxylic acids is 1. The molecule has 1 fully saturated rings. The third kappa shape index (κ3) is 6.76. The monoisotopic (exact) mass is 561 g/mol. The molecule has 0 spiro atoms. The highest BCUT2D eigenvalue weighted by Crippen LogP contribution is 2.38. The molecule has 1 aliphatic heterocycles. The first-order valence-electron chi connectivity index (χ1n) is 12.6. The quantitative estimate of drug-likeness (QED) is 0.108. The van der Waals surface area contributed by atoms with E-state index < -0.39 is 4.92 Å². The third-order valence-electron chi connectivity index (χ3n) is 5.90. The van der Waals surface area contributed by atoms with Crippen molar-refractivity contribution >= 4 is 40.3 Å². The minimum Gasteiger partial charge on any atom is -0.490 e. The Bertz CT molecular complexity index is 1470. The maximum absolute atomic E-state index is 13.3. The van der Waals surface area contributed by atoms with E-state index in [9.17, 15) is 19.3 Å². The fourth-order valence-corrected chi connectivity index (χ4v) is 5.08. The van der Waals surface area contributed by atoms with Crippen molar-refractivity contribution in [3.63, 3.8) is 0 Å². The molecule has 0 saturated carbocycles. The highest BCUT2D eigenvalue weighted by atomic mass is 32.2. The zero-order valence-electron chi connectivity index (χ0n) is 22.1. The van der Waals surface area contributed by atoms with Gasteiger partial charge in [-0.1, -0.05) is 6.08 Å². The van der Waals surface area contributed by atoms with Gasteiger partial charge in [-0.05, 0) is 97.8 Å². The molecule has 8 nitrogen and oxygen atoms in total. The van der Waals surface area contributed by atoms with Crippen LogP contribution in [0.25, 0.3) is 6.08 Å². The smallest absolute Gasteiger partial charge is 0.269 e. The molecule has 0 unspecified atom stereocenters. The number of nitrogens with zero attached hydrogens (tertiary/aromatic N) is 3. The predicted octanol–water partition coefficient (Wildman–Crippen LogP) is 7.06. The number of thioether (sulfide) groups is 1. The van der Waals surface area contributed by atoms with Crippen molar-refractivity contribution in [2.75, 3.05) is 13.2 Å². The molecular weight excluding hydrogens is 533 g/mol. The summed E-state index contributed by atoms with van der Waals surface area (Å²) in [7, 11) is 0. The van der Waals surface area contributed by atoms with Crippen molar-refractivity contribution in [1.29, 1.82) is 0 Å². The van der Waals surface area contributed by atoms with Gasteiger partial charge in [0, 0.05) is 24.2 Å². The van der Waals surface area contributed by atoms with Crippen molar-refractivity contribution in [3.05, 3.63) is 111 Å². The number of ether oxygens (including phenoxy) is 2. The lowest BCUT2D eigenvalue weighted by Gasteiger charge is -2.17. The summed E-state index contributed by atoms with van der Waals surface area (Å²) in [5.74, 6) is 0.530. The molecule has 0 aliphatic carbocycles. The summed E-state index contributed by atoms with van der Waals surface area (Å²) in [5, 5.41) is 11.5. The number of amides is 1. The van der Waals surface area contributed by atoms with Gasteiger partial charge in [0.15, 0.2) is 16.7 Å². The maximum atomic E-state index is 13.3. The van der Waals surface area contributed by atoms with Crippen molar-refractivity contribution < 1.29 is 23.6 Å². The van der Waals surface area contributed by atoms with E-state index in [0.717, 1.165) is 16.7 Å². The largest absolute Gasteiger partial charge is 0.490 e. The Kier molecular flexibility index (Phi) is 9.34. The van der Waals surface area contributed by atoms with Crippen LogP contribution in [0.2, 0.25) is 0 Å². The summed E-state index contributed by atoms with van der Waals surface area (Å²) in [5.41, 5.74) is 2.90. The zero-order valence-corrected chi connectivity index (χ0v) is 22.9. The van der Waals surface area contributed by atoms with Gasteiger partial charge >= 0.3 is 0 Å². The Morgan fingerprint density at radius 2 is 1.82 bits per heavy atom. The molecule has 4 rings (SSSR count). The van der Waals surface area contributed by atoms with Gasteiger partial charge in [0.1, 0.15) is 12.4 Å². The van der Waals surface area contributed by atoms with Crippen molar-refractivity contribution in [2.24, 2.45) is 4.99 Å². The van der Waals surface area contributed by atoms with Gasteiger partial charge in [-0.25, -0.2) is 9.38 Å². The Morgan fingerprint density at radius 1 is 1.10 bits per heavy atom. The average Bonchev–Trinajstić information content (AvgIpc) is 3.23. The molecule has 40 heavy (non-hydrogen) atoms. The third-order valence-corrected chi connectivity index (χ3v) is 6.91. The molecule has 0 aromatic heterocycles. The van der Waals surface area contributed by atoms with Crippen molar-refractivity contribution in [3.8, 4) is 11.5 Å². The van der Waals surface area contributed by atoms with Gasteiger partial charge in [0.2, 0.25) is 0 Å². The number of nitro groups is 1. The van der Waals surface area contributed by atoms with Crippen LogP contribution in [0.5, 0.6) is 11.5 Å². The summed E-state index contributed by atoms with van der Waals surface area (Å²) >= 11 is 1.25. The van der Waals surface area contributed by atoms with E-state index >= 15 is 0 Å². The van der Waals surface area contributed by atoms with E-state index in [1.165, 1.54) is 36.0 Å². The molecule has 3 aromatic rings. The second kappa shape index (κ2) is 13.1. The van der Waals surface area contributed by atoms with E-state index in [-0.39, 0.29) is 24.0 Å². The van der Waals surface area contributed by atoms with Crippen LogP contribution in [0.3, 0.4) is 0 Å². The number of amidine groups is 1. The first-order valence-corrected chi connectivity index (χ1v) is 13.5. The summed E-state index contributed by atoms with van der Waals surface area (Å²) < 4.78 is 25.4. The highest BCUT2D eigenvalue weighted by molar-refractivity contribution is 8.18. The molecule has 3 aromatic carbocycles. The fraction of sp³-hybridized carbons (Fsp3) is 0.200. The topological polar surface area (TPSA) is 94.3 Å². The summed E-state index contributed by atoms with van der Waals surface area (Å²) in [6, 6.07) is 15.7. The van der Waals surface area contributed by atoms with Gasteiger partial charge < -0.3 is 9.47 Å². The summed E-state index contributed by atoms with van der Waals surface area (Å²) in [6.45, 7) is 8.61. The minimum absolute atomic E-state index is 0.00956. The number of nitro benzene ring substituents is 1. The van der Waals surface area contributed by atoms with E-state index in [1.807, 2.05) is 26.0 Å². The second-order valence-electron chi connectivity index (χ2n) is 8.68. The van der Waals surface area contributed by atoms with Gasteiger partial charge in [0.25, 0.3) is 11.6 Å². The highest BCUT2D eigenvalue weighted by Gasteiger charge is 2.32. The van der Waals surface area contributed by atoms with Crippen LogP contribution >= 0.6 is 11.8 Å². The van der Waals surface area contributed by atoms with Gasteiger partial charge in [-0.3, -0.25) is 19.8 Å². The van der Waals surface area contributed by atoms with Gasteiger partial charge in [-0.15, -0.1) is 6.58 Å². The van der Waals surface area contributed by atoms with Crippen LogP contribution < -0.4 is 9.47 Å². The Balaban J connectivity index is 1.64. The number of allylic oxidation sites excluding steroid dienone is 1. The zero-order chi connectivity index (χ0) is 28.6. The molecule has 0 bridgehead atoms. The molecular formula is C30H28FN3O5S. The van der Waals surface area contributed by atoms with Crippen LogP contribution in [0.15, 0.2) is 83.2 Å². The number of hydrogen-bond acceptors (Lipinski definition) is 7. The Morgan fingerprint density at radius 3 is 2.45 bits per heavy atom. The van der Waals surface area contributed by atoms with E-state index in [0.29, 0.717) is 46.8 Å². The van der Waals surface area contributed by atoms with Crippen molar-refractivity contribution in [2.45, 2.75) is 26.9 Å². The predicted molar refractivity (Wildman–Crippen MR) is 155 cm³/mol. The van der Waals surface area contributed by atoms with Crippen LogP contribution in [0.1, 0.15) is 30.5 Å². The number of non-ortho nitro benzene ring substituents is 1. The standard InChI is InChI=1S/C30H28FN3O5S/c1-4-7-22-16-21(17-26(38-6-3)28(22)39-19-20-8-14-25(15-9-20)34(36)37)18-27-29(35)33(5-2)30(40-27)32-24-12-10-23(31)11-13-24/h4,8-18H,1,5-7,19H2,2-3H3/b27-18+,32-30?. The van der Waals surface area contributed by atoms with Crippen LogP contribution in [-0.2, 0) is 17.8 Å². The number of rotatable bonds is 11. The van der Waals surface area contributed by atoms with E-state index in [4.69, 9.17) is 9.47 Å². The molecule has 1 heterocycles. The number of aliphatic imine (C=N–C) groups is 1. The lowest BCUT2D eigenvalue weighted by atomic mass is 10.0. The Labute approximate surface area is 236 Å². The maximum Gasteiger partial charge on any atom is 0.269 e. The minimum atomic E-state index is -0.446. The number of hydrogen-bond donors (Lipinski definition) is 0. The molecule has 1 amide bonds. The van der Waals surface area contributed by atoms with Gasteiger partial charge in [-0.2, -0.15) is 0 Å². The lowest BCUT2D eigenvalue weighted by molar-refractivity contribution is -0.384. The van der Waals surface area contributed by atoms with E-state index in [1.54, 1.807) is 41.3 Å². The number of halogens is 1. The molecule has 206 valence electrons. The lowest BCUT2D eigenvalue weighted by Crippen LogP contribution is -2.28. The first kappa shape index (κ1) is 28.6. The molecule has 1 saturated heterocycles. The molecule has 1 aliphatic rings. The van der Waals surface area contributed by atoms with E-state index in [2.05, 4.69) is 11.6 Å². The number of carbonyl (C=O) groups is 1. The summed E-state index contributed by atoms with van der Waals surface area (Å²) in [4.78, 5) is 30.3. The molecule has 0 N–H and O–H groups in total. The average molecular weight is 562 g/mol. The van der Waals surface area contributed by atoms with Crippen LogP contribution in [0.4, 0.5) is 15.8 Å². The molecule has 0 radical (unpaired) electrons. The number of likely N-dealkylation sites (N-methyl/N-ethyl adjacent to an activating group) is 1.